The van der Waals surface area contributed by atoms with Gasteiger partial charge in [-0.15, -0.1) is 45.3 Å². The van der Waals surface area contributed by atoms with Crippen LogP contribution in [0.25, 0.3) is 48.6 Å². The second-order valence-electron chi connectivity index (χ2n) is 26.1. The van der Waals surface area contributed by atoms with E-state index in [1.54, 1.807) is 44.5 Å². The Morgan fingerprint density at radius 2 is 0.398 bits per heavy atom. The second-order valence-corrected chi connectivity index (χ2v) is 30.4. The highest BCUT2D eigenvalue weighted by atomic mass is 32.1. The first kappa shape index (κ1) is 73.5. The van der Waals surface area contributed by atoms with Crippen molar-refractivity contribution in [2.24, 2.45) is 0 Å². The molecule has 0 nitrogen and oxygen atoms in total. The van der Waals surface area contributed by atoms with Crippen LogP contribution >= 0.6 is 45.3 Å². The molecule has 2 aliphatic rings. The standard InChI is InChI=1S/C84H124S4/c1-9-17-25-33-49-69-71(51-35-27-19-11-3)79(85-77(69)59-57-67-45-41-42-46-67)61-63-81-73(53-37-29-21-13-5)75(55-39-31-23-15-7)83(87-81)65-66-84-76(56-40-32-24-16-8)74(54-38-30-22-14-6)82(88-84)64-62-80-72(52-36-28-20-12-4)70(50-34-26-18-10-2)78(86-80)60-58-68-47-43-44-48-68/h41-45,47,57-66H,9-40,46,48-56H2,1-8H3/b59-57+,60-58+,63-61+,64-62+,66-65+. The van der Waals surface area contributed by atoms with Gasteiger partial charge in [-0.25, -0.2) is 0 Å². The van der Waals surface area contributed by atoms with Crippen LogP contribution in [0.3, 0.4) is 0 Å². The van der Waals surface area contributed by atoms with Gasteiger partial charge in [0.2, 0.25) is 0 Å². The van der Waals surface area contributed by atoms with Crippen molar-refractivity contribution in [3.8, 4) is 0 Å². The van der Waals surface area contributed by atoms with Crippen molar-refractivity contribution < 1.29 is 0 Å². The van der Waals surface area contributed by atoms with Gasteiger partial charge in [-0.05, 0) is 220 Å². The van der Waals surface area contributed by atoms with Crippen LogP contribution in [0.4, 0.5) is 0 Å². The lowest BCUT2D eigenvalue weighted by atomic mass is 9.95. The fourth-order valence-corrected chi connectivity index (χ4v) is 18.1. The summed E-state index contributed by atoms with van der Waals surface area (Å²) in [7, 11) is 0. The number of unbranched alkanes of at least 4 members (excludes halogenated alkanes) is 24. The molecule has 6 rings (SSSR count). The van der Waals surface area contributed by atoms with Crippen LogP contribution in [-0.4, -0.2) is 0 Å². The van der Waals surface area contributed by atoms with E-state index in [9.17, 15) is 0 Å². The van der Waals surface area contributed by atoms with E-state index in [0.29, 0.717) is 0 Å². The van der Waals surface area contributed by atoms with Gasteiger partial charge in [0.05, 0.1) is 0 Å². The van der Waals surface area contributed by atoms with Crippen LogP contribution in [0, 0.1) is 0 Å². The van der Waals surface area contributed by atoms with E-state index in [0.717, 1.165) is 12.8 Å². The Morgan fingerprint density at radius 1 is 0.227 bits per heavy atom. The molecule has 0 N–H and O–H groups in total. The molecule has 4 aromatic rings. The maximum absolute atomic E-state index is 2.64. The predicted molar refractivity (Wildman–Crippen MR) is 409 cm³/mol. The Labute approximate surface area is 558 Å². The van der Waals surface area contributed by atoms with E-state index in [-0.39, 0.29) is 0 Å². The fourth-order valence-electron chi connectivity index (χ4n) is 13.2. The summed E-state index contributed by atoms with van der Waals surface area (Å²) in [6, 6.07) is 0. The third-order valence-corrected chi connectivity index (χ3v) is 23.4. The van der Waals surface area contributed by atoms with Gasteiger partial charge in [-0.3, -0.25) is 0 Å². The molecule has 484 valence electrons. The molecule has 0 aliphatic heterocycles. The maximum Gasteiger partial charge on any atom is 0.0312 e. The summed E-state index contributed by atoms with van der Waals surface area (Å²) in [6.07, 6.45) is 92.7. The van der Waals surface area contributed by atoms with Gasteiger partial charge < -0.3 is 0 Å². The van der Waals surface area contributed by atoms with Crippen LogP contribution in [0.2, 0.25) is 0 Å². The van der Waals surface area contributed by atoms with E-state index >= 15 is 0 Å². The molecule has 0 unspecified atom stereocenters. The van der Waals surface area contributed by atoms with E-state index in [1.165, 1.54) is 307 Å². The van der Waals surface area contributed by atoms with E-state index in [4.69, 9.17) is 0 Å². The first-order valence-electron chi connectivity index (χ1n) is 37.1. The quantitative estimate of drug-likeness (QED) is 0.0387. The van der Waals surface area contributed by atoms with Crippen LogP contribution in [0.15, 0.2) is 59.8 Å². The Bertz CT molecular complexity index is 2660. The molecule has 0 fully saturated rings. The van der Waals surface area contributed by atoms with Gasteiger partial charge in [0.25, 0.3) is 0 Å². The number of hydrogen-bond acceptors (Lipinski definition) is 4. The molecule has 0 radical (unpaired) electrons. The molecule has 0 saturated heterocycles. The van der Waals surface area contributed by atoms with Crippen LogP contribution in [0.5, 0.6) is 0 Å². The lowest BCUT2D eigenvalue weighted by Gasteiger charge is -2.09. The Kier molecular flexibility index (Phi) is 37.5. The average molecular weight is 1260 g/mol. The van der Waals surface area contributed by atoms with Crippen LogP contribution in [-0.2, 0) is 51.4 Å². The Hall–Kier alpha value is -3.54. The molecule has 0 aromatic carbocycles. The predicted octanol–water partition coefficient (Wildman–Crippen LogP) is 29.2. The zero-order valence-corrected chi connectivity index (χ0v) is 60.8. The minimum absolute atomic E-state index is 1.05. The molecular weight excluding hydrogens is 1140 g/mol. The Morgan fingerprint density at radius 3 is 0.545 bits per heavy atom. The van der Waals surface area contributed by atoms with Crippen molar-refractivity contribution in [1.82, 2.24) is 0 Å². The van der Waals surface area contributed by atoms with Gasteiger partial charge in [0, 0.05) is 39.0 Å². The largest absolute Gasteiger partial charge is 0.136 e. The molecule has 4 aromatic heterocycles. The van der Waals surface area contributed by atoms with Crippen molar-refractivity contribution in [2.75, 3.05) is 0 Å². The summed E-state index contributed by atoms with van der Waals surface area (Å²) in [5.74, 6) is 0. The molecule has 0 amide bonds. The summed E-state index contributed by atoms with van der Waals surface area (Å²) >= 11 is 8.42. The van der Waals surface area contributed by atoms with Crippen molar-refractivity contribution in [2.45, 2.75) is 325 Å². The number of hydrogen-bond donors (Lipinski definition) is 0. The van der Waals surface area contributed by atoms with Gasteiger partial charge in [-0.1, -0.05) is 258 Å². The number of thiophene rings is 4. The van der Waals surface area contributed by atoms with Crippen molar-refractivity contribution in [3.63, 3.8) is 0 Å². The SMILES string of the molecule is CCCCCCc1c(/C=C/C2=CC=CC2)sc(/C=C/c2sc(/C=C/c3sc(/C=C/c4sc(/C=C/C5=CC=CC5)c(CCCCCC)c4CCCCCC)c(CCCCCC)c3CCCCCC)c(CCCCCC)c2CCCCCC)c1CCCCCC. The normalized spacial score (nSPS) is 13.6. The summed E-state index contributed by atoms with van der Waals surface area (Å²) in [4.78, 5) is 12.2. The highest BCUT2D eigenvalue weighted by Crippen LogP contribution is 2.42. The van der Waals surface area contributed by atoms with E-state index in [1.807, 2.05) is 0 Å². The molecule has 4 heterocycles. The lowest BCUT2D eigenvalue weighted by Crippen LogP contribution is -1.96. The topological polar surface area (TPSA) is 0 Å². The lowest BCUT2D eigenvalue weighted by molar-refractivity contribution is 0.651. The number of allylic oxidation sites excluding steroid dienone is 10. The molecular formula is C84H124S4. The zero-order chi connectivity index (χ0) is 62.2. The molecule has 88 heavy (non-hydrogen) atoms. The van der Waals surface area contributed by atoms with Gasteiger partial charge in [-0.2, -0.15) is 0 Å². The van der Waals surface area contributed by atoms with Gasteiger partial charge in [0.15, 0.2) is 0 Å². The van der Waals surface area contributed by atoms with Crippen LogP contribution < -0.4 is 0 Å². The molecule has 0 spiro atoms. The monoisotopic (exact) mass is 1260 g/mol. The fraction of sp³-hybridized carbons (Fsp3) is 0.595. The first-order chi connectivity index (χ1) is 43.4. The molecule has 2 aliphatic carbocycles. The summed E-state index contributed by atoms with van der Waals surface area (Å²) in [5, 5.41) is 0. The first-order valence-corrected chi connectivity index (χ1v) is 40.4. The average Bonchev–Trinajstić information content (AvgIpc) is 3.26. The maximum atomic E-state index is 2.64. The highest BCUT2D eigenvalue weighted by Gasteiger charge is 2.22. The molecule has 0 atom stereocenters. The summed E-state index contributed by atoms with van der Waals surface area (Å²) < 4.78 is 0. The minimum atomic E-state index is 1.05. The summed E-state index contributed by atoms with van der Waals surface area (Å²) in [6.45, 7) is 18.9. The summed E-state index contributed by atoms with van der Waals surface area (Å²) in [5.41, 5.74) is 16.1. The third kappa shape index (κ3) is 25.2. The van der Waals surface area contributed by atoms with Crippen molar-refractivity contribution in [3.05, 3.63) is 143 Å². The highest BCUT2D eigenvalue weighted by molar-refractivity contribution is 7.16. The van der Waals surface area contributed by atoms with Crippen molar-refractivity contribution in [1.29, 1.82) is 0 Å². The van der Waals surface area contributed by atoms with Crippen molar-refractivity contribution >= 4 is 94.0 Å². The van der Waals surface area contributed by atoms with Gasteiger partial charge >= 0.3 is 0 Å². The zero-order valence-electron chi connectivity index (χ0n) is 57.6. The van der Waals surface area contributed by atoms with Crippen LogP contribution in [0.1, 0.15) is 357 Å². The Balaban J connectivity index is 1.50. The second kappa shape index (κ2) is 44.9. The van der Waals surface area contributed by atoms with Gasteiger partial charge in [0.1, 0.15) is 0 Å². The molecule has 0 saturated carbocycles. The minimum Gasteiger partial charge on any atom is -0.136 e. The smallest absolute Gasteiger partial charge is 0.0312 e. The van der Waals surface area contributed by atoms with E-state index in [2.05, 4.69) is 198 Å². The number of rotatable bonds is 50. The molecule has 4 heteroatoms. The third-order valence-electron chi connectivity index (χ3n) is 18.6. The van der Waals surface area contributed by atoms with E-state index < -0.39 is 0 Å². The molecule has 0 bridgehead atoms.